The fourth-order valence-electron chi connectivity index (χ4n) is 2.16. The molecule has 0 spiro atoms. The van der Waals surface area contributed by atoms with E-state index in [2.05, 4.69) is 70.2 Å². The van der Waals surface area contributed by atoms with Gasteiger partial charge in [-0.15, -0.1) is 0 Å². The van der Waals surface area contributed by atoms with Crippen LogP contribution in [0.3, 0.4) is 0 Å². The summed E-state index contributed by atoms with van der Waals surface area (Å²) in [5, 5.41) is 1.29. The first-order valence-corrected chi connectivity index (χ1v) is 7.46. The van der Waals surface area contributed by atoms with Crippen molar-refractivity contribution < 1.29 is 0 Å². The van der Waals surface area contributed by atoms with Crippen LogP contribution in [0.2, 0.25) is 0 Å². The van der Waals surface area contributed by atoms with Crippen LogP contribution in [0.1, 0.15) is 16.4 Å². The Morgan fingerprint density at radius 1 is 0.900 bits per heavy atom. The van der Waals surface area contributed by atoms with Crippen molar-refractivity contribution >= 4 is 11.8 Å². The molecule has 0 saturated heterocycles. The molecule has 3 aromatic rings. The number of rotatable bonds is 4. The Labute approximate surface area is 123 Å². The predicted octanol–water partition coefficient (Wildman–Crippen LogP) is 4.30. The smallest absolute Gasteiger partial charge is 0.168 e. The first kappa shape index (κ1) is 13.0. The molecule has 0 atom stereocenters. The van der Waals surface area contributed by atoms with E-state index in [1.165, 1.54) is 11.1 Å². The number of hydrogen-bond acceptors (Lipinski definition) is 2. The highest BCUT2D eigenvalue weighted by Gasteiger charge is 2.17. The molecule has 1 aromatic heterocycles. The molecule has 1 heterocycles. The summed E-state index contributed by atoms with van der Waals surface area (Å²) < 4.78 is 2.06. The van der Waals surface area contributed by atoms with E-state index < -0.39 is 0 Å². The molecule has 0 saturated carbocycles. The molecule has 0 aliphatic rings. The summed E-state index contributed by atoms with van der Waals surface area (Å²) in [5.41, 5.74) is 2.60. The third-order valence-corrected chi connectivity index (χ3v) is 4.59. The van der Waals surface area contributed by atoms with Crippen LogP contribution in [0.4, 0.5) is 0 Å². The molecule has 100 valence electrons. The summed E-state index contributed by atoms with van der Waals surface area (Å²) in [6.07, 6.45) is 3.82. The Morgan fingerprint density at radius 3 is 1.90 bits per heavy atom. The minimum Gasteiger partial charge on any atom is -0.329 e. The molecule has 0 aliphatic carbocycles. The van der Waals surface area contributed by atoms with Gasteiger partial charge in [0.25, 0.3) is 0 Å². The lowest BCUT2D eigenvalue weighted by atomic mass is 10.0. The van der Waals surface area contributed by atoms with Gasteiger partial charge in [-0.1, -0.05) is 72.4 Å². The Bertz CT molecular complexity index is 622. The van der Waals surface area contributed by atoms with Crippen molar-refractivity contribution in [3.8, 4) is 0 Å². The van der Waals surface area contributed by atoms with Crippen molar-refractivity contribution in [2.24, 2.45) is 7.05 Å². The largest absolute Gasteiger partial charge is 0.329 e. The lowest BCUT2D eigenvalue weighted by Gasteiger charge is -2.17. The van der Waals surface area contributed by atoms with E-state index in [-0.39, 0.29) is 5.25 Å². The molecule has 2 aromatic carbocycles. The molecule has 0 unspecified atom stereocenters. The Balaban J connectivity index is 1.98. The summed E-state index contributed by atoms with van der Waals surface area (Å²) in [6, 6.07) is 21.2. The van der Waals surface area contributed by atoms with Gasteiger partial charge in [-0.05, 0) is 11.1 Å². The van der Waals surface area contributed by atoms with E-state index in [9.17, 15) is 0 Å². The minimum atomic E-state index is 0.262. The standard InChI is InChI=1S/C17H16N2S/c1-19-13-12-18-17(19)20-16(14-8-4-2-5-9-14)15-10-6-3-7-11-15/h2-13,16H,1H3. The second-order valence-corrected chi connectivity index (χ2v) is 5.71. The third-order valence-electron chi connectivity index (χ3n) is 3.20. The molecule has 3 heteroatoms. The van der Waals surface area contributed by atoms with Crippen LogP contribution in [0.15, 0.2) is 78.2 Å². The van der Waals surface area contributed by atoms with Crippen LogP contribution in [0, 0.1) is 0 Å². The van der Waals surface area contributed by atoms with Crippen molar-refractivity contribution in [3.63, 3.8) is 0 Å². The monoisotopic (exact) mass is 280 g/mol. The predicted molar refractivity (Wildman–Crippen MR) is 83.8 cm³/mol. The Morgan fingerprint density at radius 2 is 1.45 bits per heavy atom. The molecule has 0 aliphatic heterocycles. The van der Waals surface area contributed by atoms with Gasteiger partial charge in [-0.2, -0.15) is 0 Å². The van der Waals surface area contributed by atoms with E-state index in [4.69, 9.17) is 0 Å². The van der Waals surface area contributed by atoms with E-state index in [1.807, 2.05) is 19.4 Å². The topological polar surface area (TPSA) is 17.8 Å². The van der Waals surface area contributed by atoms with Gasteiger partial charge in [0.2, 0.25) is 0 Å². The zero-order chi connectivity index (χ0) is 13.8. The number of thioether (sulfide) groups is 1. The third kappa shape index (κ3) is 2.78. The maximum Gasteiger partial charge on any atom is 0.168 e. The van der Waals surface area contributed by atoms with E-state index in [1.54, 1.807) is 11.8 Å². The summed E-state index contributed by atoms with van der Waals surface area (Å²) in [6.45, 7) is 0. The van der Waals surface area contributed by atoms with Crippen molar-refractivity contribution in [1.82, 2.24) is 9.55 Å². The first-order chi connectivity index (χ1) is 9.84. The summed E-state index contributed by atoms with van der Waals surface area (Å²) >= 11 is 1.78. The van der Waals surface area contributed by atoms with Crippen LogP contribution in [0.25, 0.3) is 0 Å². The highest BCUT2D eigenvalue weighted by atomic mass is 32.2. The van der Waals surface area contributed by atoms with Crippen molar-refractivity contribution in [2.75, 3.05) is 0 Å². The Kier molecular flexibility index (Phi) is 3.88. The highest BCUT2D eigenvalue weighted by Crippen LogP contribution is 2.39. The number of nitrogens with zero attached hydrogens (tertiary/aromatic N) is 2. The van der Waals surface area contributed by atoms with Crippen molar-refractivity contribution in [3.05, 3.63) is 84.2 Å². The number of imidazole rings is 1. The molecular weight excluding hydrogens is 264 g/mol. The highest BCUT2D eigenvalue weighted by molar-refractivity contribution is 7.99. The van der Waals surface area contributed by atoms with Gasteiger partial charge in [0.15, 0.2) is 5.16 Å². The van der Waals surface area contributed by atoms with Gasteiger partial charge in [0.05, 0.1) is 5.25 Å². The average molecular weight is 280 g/mol. The lowest BCUT2D eigenvalue weighted by molar-refractivity contribution is 0.787. The van der Waals surface area contributed by atoms with Crippen LogP contribution >= 0.6 is 11.8 Å². The van der Waals surface area contributed by atoms with E-state index >= 15 is 0 Å². The van der Waals surface area contributed by atoms with Crippen LogP contribution < -0.4 is 0 Å². The normalized spacial score (nSPS) is 10.9. The van der Waals surface area contributed by atoms with Crippen molar-refractivity contribution in [2.45, 2.75) is 10.4 Å². The van der Waals surface area contributed by atoms with Gasteiger partial charge in [-0.25, -0.2) is 4.98 Å². The second-order valence-electron chi connectivity index (χ2n) is 4.64. The molecule has 0 bridgehead atoms. The first-order valence-electron chi connectivity index (χ1n) is 6.58. The van der Waals surface area contributed by atoms with E-state index in [0.29, 0.717) is 0 Å². The SMILES string of the molecule is Cn1ccnc1SC(c1ccccc1)c1ccccc1. The quantitative estimate of drug-likeness (QED) is 0.663. The number of benzene rings is 2. The van der Waals surface area contributed by atoms with Crippen LogP contribution in [-0.4, -0.2) is 9.55 Å². The van der Waals surface area contributed by atoms with Gasteiger partial charge in [-0.3, -0.25) is 0 Å². The van der Waals surface area contributed by atoms with Gasteiger partial charge >= 0.3 is 0 Å². The summed E-state index contributed by atoms with van der Waals surface area (Å²) in [7, 11) is 2.03. The fraction of sp³-hybridized carbons (Fsp3) is 0.118. The number of aromatic nitrogens is 2. The van der Waals surface area contributed by atoms with Crippen LogP contribution in [-0.2, 0) is 7.05 Å². The second kappa shape index (κ2) is 5.97. The zero-order valence-electron chi connectivity index (χ0n) is 11.3. The summed E-state index contributed by atoms with van der Waals surface area (Å²) in [4.78, 5) is 4.43. The number of hydrogen-bond donors (Lipinski definition) is 0. The molecule has 0 radical (unpaired) electrons. The minimum absolute atomic E-state index is 0.262. The lowest BCUT2D eigenvalue weighted by Crippen LogP contribution is -1.99. The Hall–Kier alpha value is -2.00. The molecule has 2 nitrogen and oxygen atoms in total. The molecular formula is C17H16N2S. The average Bonchev–Trinajstić information content (AvgIpc) is 2.92. The fourth-order valence-corrected chi connectivity index (χ4v) is 3.30. The molecule has 0 amide bonds. The van der Waals surface area contributed by atoms with Crippen molar-refractivity contribution in [1.29, 1.82) is 0 Å². The molecule has 0 N–H and O–H groups in total. The molecule has 0 fully saturated rings. The van der Waals surface area contributed by atoms with Crippen LogP contribution in [0.5, 0.6) is 0 Å². The van der Waals surface area contributed by atoms with Gasteiger partial charge in [0.1, 0.15) is 0 Å². The molecule has 20 heavy (non-hydrogen) atoms. The maximum atomic E-state index is 4.43. The van der Waals surface area contributed by atoms with Gasteiger partial charge < -0.3 is 4.57 Å². The van der Waals surface area contributed by atoms with E-state index in [0.717, 1.165) is 5.16 Å². The molecule has 3 rings (SSSR count). The zero-order valence-corrected chi connectivity index (χ0v) is 12.1. The summed E-state index contributed by atoms with van der Waals surface area (Å²) in [5.74, 6) is 0. The maximum absolute atomic E-state index is 4.43. The number of aryl methyl sites for hydroxylation is 1. The van der Waals surface area contributed by atoms with Gasteiger partial charge in [0, 0.05) is 19.4 Å².